The highest BCUT2D eigenvalue weighted by Gasteiger charge is 2.39. The van der Waals surface area contributed by atoms with E-state index in [2.05, 4.69) is 5.10 Å². The van der Waals surface area contributed by atoms with E-state index in [4.69, 9.17) is 9.47 Å². The Hall–Kier alpha value is -2.11. The molecule has 0 N–H and O–H groups in total. The maximum Gasteiger partial charge on any atom is 0.310 e. The van der Waals surface area contributed by atoms with Crippen LogP contribution in [0.25, 0.3) is 0 Å². The molecule has 1 aliphatic rings. The topological polar surface area (TPSA) is 70.4 Å². The summed E-state index contributed by atoms with van der Waals surface area (Å²) in [4.78, 5) is 25.0. The second-order valence-electron chi connectivity index (χ2n) is 5.46. The van der Waals surface area contributed by atoms with Crippen molar-refractivity contribution in [2.45, 2.75) is 33.6 Å². The van der Waals surface area contributed by atoms with Crippen LogP contribution >= 0.6 is 0 Å². The first-order valence-electron chi connectivity index (χ1n) is 7.45. The van der Waals surface area contributed by atoms with Crippen LogP contribution in [0.15, 0.2) is 17.9 Å². The van der Waals surface area contributed by atoms with Gasteiger partial charge in [0.25, 0.3) is 5.91 Å². The third-order valence-electron chi connectivity index (χ3n) is 3.89. The number of nitrogens with zero attached hydrogens (tertiary/aromatic N) is 2. The highest BCUT2D eigenvalue weighted by atomic mass is 16.5. The van der Waals surface area contributed by atoms with Crippen molar-refractivity contribution in [3.63, 3.8) is 0 Å². The molecule has 0 unspecified atom stereocenters. The smallest absolute Gasteiger partial charge is 0.310 e. The molecule has 1 aromatic heterocycles. The molecule has 2 atom stereocenters. The lowest BCUT2D eigenvalue weighted by Gasteiger charge is -2.28. The Bertz CT molecular complexity index is 603. The summed E-state index contributed by atoms with van der Waals surface area (Å²) < 4.78 is 11.7. The van der Waals surface area contributed by atoms with Gasteiger partial charge in [0.05, 0.1) is 37.0 Å². The van der Waals surface area contributed by atoms with Gasteiger partial charge in [-0.15, -0.1) is 0 Å². The molecule has 0 saturated carbocycles. The van der Waals surface area contributed by atoms with Crippen LogP contribution in [-0.4, -0.2) is 35.4 Å². The number of ether oxygens (including phenoxy) is 2. The summed E-state index contributed by atoms with van der Waals surface area (Å²) >= 11 is 0. The lowest BCUT2D eigenvalue weighted by molar-refractivity contribution is -0.150. The van der Waals surface area contributed by atoms with E-state index in [1.165, 1.54) is 4.68 Å². The highest BCUT2D eigenvalue weighted by Crippen LogP contribution is 2.32. The summed E-state index contributed by atoms with van der Waals surface area (Å²) in [7, 11) is 1.57. The third kappa shape index (κ3) is 3.21. The van der Waals surface area contributed by atoms with Crippen LogP contribution < -0.4 is 0 Å². The van der Waals surface area contributed by atoms with E-state index in [0.29, 0.717) is 19.4 Å². The molecule has 0 aromatic carbocycles. The highest BCUT2D eigenvalue weighted by molar-refractivity contribution is 5.87. The fraction of sp³-hybridized carbons (Fsp3) is 0.562. The molecule has 0 bridgehead atoms. The molecule has 1 aliphatic carbocycles. The van der Waals surface area contributed by atoms with Crippen LogP contribution in [0.4, 0.5) is 0 Å². The Morgan fingerprint density at radius 2 is 2.09 bits per heavy atom. The maximum absolute atomic E-state index is 12.8. The number of esters is 1. The standard InChI is InChI=1S/C16H22N2O4/c1-5-22-16(20)14-9-12(21-4)6-7-13(14)15(19)18-11(3)8-10(2)17-18/h6,8,13-14H,5,7,9H2,1-4H3/t13-,14-/m1/s1. The van der Waals surface area contributed by atoms with Crippen LogP contribution in [0.1, 0.15) is 35.9 Å². The van der Waals surface area contributed by atoms with Gasteiger partial charge in [-0.05, 0) is 39.3 Å². The number of allylic oxidation sites excluding steroid dienone is 2. The number of aromatic nitrogens is 2. The van der Waals surface area contributed by atoms with Crippen molar-refractivity contribution in [1.82, 2.24) is 9.78 Å². The summed E-state index contributed by atoms with van der Waals surface area (Å²) in [6.07, 6.45) is 2.69. The van der Waals surface area contributed by atoms with Gasteiger partial charge < -0.3 is 9.47 Å². The maximum atomic E-state index is 12.8. The minimum Gasteiger partial charge on any atom is -0.501 e. The van der Waals surface area contributed by atoms with E-state index in [0.717, 1.165) is 17.1 Å². The van der Waals surface area contributed by atoms with Gasteiger partial charge in [0.1, 0.15) is 0 Å². The van der Waals surface area contributed by atoms with Gasteiger partial charge in [-0.2, -0.15) is 5.10 Å². The predicted octanol–water partition coefficient (Wildman–Crippen LogP) is 2.26. The third-order valence-corrected chi connectivity index (χ3v) is 3.89. The van der Waals surface area contributed by atoms with Crippen molar-refractivity contribution >= 4 is 11.9 Å². The molecule has 6 nitrogen and oxygen atoms in total. The Morgan fingerprint density at radius 1 is 1.36 bits per heavy atom. The molecule has 0 radical (unpaired) electrons. The minimum atomic E-state index is -0.531. The number of aryl methyl sites for hydroxylation is 2. The van der Waals surface area contributed by atoms with Crippen LogP contribution in [0.3, 0.4) is 0 Å². The summed E-state index contributed by atoms with van der Waals surface area (Å²) in [5.41, 5.74) is 1.55. The molecule has 0 amide bonds. The first kappa shape index (κ1) is 16.3. The second kappa shape index (κ2) is 6.77. The van der Waals surface area contributed by atoms with Gasteiger partial charge in [-0.1, -0.05) is 0 Å². The van der Waals surface area contributed by atoms with Gasteiger partial charge in [0.15, 0.2) is 0 Å². The van der Waals surface area contributed by atoms with Crippen molar-refractivity contribution < 1.29 is 19.1 Å². The second-order valence-corrected chi connectivity index (χ2v) is 5.46. The number of carbonyl (C=O) groups excluding carboxylic acids is 2. The van der Waals surface area contributed by atoms with Crippen LogP contribution in [-0.2, 0) is 14.3 Å². The van der Waals surface area contributed by atoms with Crippen LogP contribution in [0.2, 0.25) is 0 Å². The quantitative estimate of drug-likeness (QED) is 0.798. The Morgan fingerprint density at radius 3 is 2.64 bits per heavy atom. The van der Waals surface area contributed by atoms with Crippen LogP contribution in [0.5, 0.6) is 0 Å². The molecule has 0 saturated heterocycles. The molecule has 1 aromatic rings. The zero-order valence-corrected chi connectivity index (χ0v) is 13.5. The van der Waals surface area contributed by atoms with Gasteiger partial charge in [-0.25, -0.2) is 4.68 Å². The van der Waals surface area contributed by atoms with Gasteiger partial charge >= 0.3 is 5.97 Å². The molecule has 0 aliphatic heterocycles. The van der Waals surface area contributed by atoms with Gasteiger partial charge in [0.2, 0.25) is 0 Å². The molecular formula is C16H22N2O4. The van der Waals surface area contributed by atoms with E-state index in [-0.39, 0.29) is 11.9 Å². The molecule has 0 spiro atoms. The predicted molar refractivity (Wildman–Crippen MR) is 80.3 cm³/mol. The molecule has 0 fully saturated rings. The normalized spacial score (nSPS) is 21.2. The van der Waals surface area contributed by atoms with Crippen molar-refractivity contribution in [1.29, 1.82) is 0 Å². The molecule has 2 rings (SSSR count). The zero-order chi connectivity index (χ0) is 16.3. The van der Waals surface area contributed by atoms with Crippen molar-refractivity contribution in [3.05, 3.63) is 29.3 Å². The number of hydrogen-bond acceptors (Lipinski definition) is 5. The fourth-order valence-electron chi connectivity index (χ4n) is 2.81. The summed E-state index contributed by atoms with van der Waals surface area (Å²) in [5.74, 6) is -0.817. The average molecular weight is 306 g/mol. The van der Waals surface area contributed by atoms with E-state index < -0.39 is 11.8 Å². The van der Waals surface area contributed by atoms with Crippen LogP contribution in [0, 0.1) is 25.7 Å². The summed E-state index contributed by atoms with van der Waals surface area (Å²) in [6, 6.07) is 1.84. The lowest BCUT2D eigenvalue weighted by Crippen LogP contribution is -2.37. The van der Waals surface area contributed by atoms with Crippen molar-refractivity contribution in [3.8, 4) is 0 Å². The first-order valence-corrected chi connectivity index (χ1v) is 7.45. The van der Waals surface area contributed by atoms with E-state index >= 15 is 0 Å². The molecule has 120 valence electrons. The van der Waals surface area contributed by atoms with Crippen molar-refractivity contribution in [2.75, 3.05) is 13.7 Å². The fourth-order valence-corrected chi connectivity index (χ4v) is 2.81. The van der Waals surface area contributed by atoms with E-state index in [1.54, 1.807) is 14.0 Å². The minimum absolute atomic E-state index is 0.171. The number of carbonyl (C=O) groups is 2. The largest absolute Gasteiger partial charge is 0.501 e. The van der Waals surface area contributed by atoms with Gasteiger partial charge in [-0.3, -0.25) is 9.59 Å². The summed E-state index contributed by atoms with van der Waals surface area (Å²) in [5, 5.41) is 4.23. The zero-order valence-electron chi connectivity index (χ0n) is 13.5. The van der Waals surface area contributed by atoms with Crippen molar-refractivity contribution in [2.24, 2.45) is 11.8 Å². The molecule has 6 heteroatoms. The Labute approximate surface area is 130 Å². The van der Waals surface area contributed by atoms with E-state index in [9.17, 15) is 9.59 Å². The Kier molecular flexibility index (Phi) is 5.00. The van der Waals surface area contributed by atoms with E-state index in [1.807, 2.05) is 26.0 Å². The SMILES string of the molecule is CCOC(=O)[C@@H]1CC(OC)=CC[C@H]1C(=O)n1nc(C)cc1C. The van der Waals surface area contributed by atoms with Gasteiger partial charge in [0, 0.05) is 12.1 Å². The first-order chi connectivity index (χ1) is 10.5. The number of hydrogen-bond donors (Lipinski definition) is 0. The Balaban J connectivity index is 2.29. The lowest BCUT2D eigenvalue weighted by atomic mass is 9.81. The number of rotatable bonds is 4. The molecular weight excluding hydrogens is 284 g/mol. The number of methoxy groups -OCH3 is 1. The summed E-state index contributed by atoms with van der Waals surface area (Å²) in [6.45, 7) is 5.72. The molecule has 22 heavy (non-hydrogen) atoms. The molecule has 1 heterocycles. The average Bonchev–Trinajstić information content (AvgIpc) is 2.84. The monoisotopic (exact) mass is 306 g/mol.